The molecular weight excluding hydrogens is 67.0 g/mol. The van der Waals surface area contributed by atoms with Crippen LogP contribution < -0.4 is 18.9 Å². The summed E-state index contributed by atoms with van der Waals surface area (Å²) in [6, 6.07) is 0. The van der Waals surface area contributed by atoms with Gasteiger partial charge in [-0.2, -0.15) is 0 Å². The molecule has 0 radical (unpaired) electrons. The molecule has 0 nitrogen and oxygen atoms in total. The maximum Gasteiger partial charge on any atom is 1.00 e. The minimum atomic E-state index is 0. The van der Waals surface area contributed by atoms with Crippen molar-refractivity contribution in [3.63, 3.8) is 0 Å². The molecule has 0 N–H and O–H groups in total. The summed E-state index contributed by atoms with van der Waals surface area (Å²) >= 11 is 0. The van der Waals surface area contributed by atoms with Crippen LogP contribution in [-0.2, 0) is 0 Å². The molecule has 0 unspecified atom stereocenters. The Bertz CT molecular complexity index is 53.6. The van der Waals surface area contributed by atoms with E-state index in [4.69, 9.17) is 6.42 Å². The molecule has 0 aliphatic heterocycles. The van der Waals surface area contributed by atoms with Crippen molar-refractivity contribution in [2.24, 2.45) is 5.92 Å². The molecule has 0 bridgehead atoms. The van der Waals surface area contributed by atoms with Crippen LogP contribution in [-0.4, -0.2) is 0 Å². The summed E-state index contributed by atoms with van der Waals surface area (Å²) in [5.41, 5.74) is 0. The molecule has 0 aromatic rings. The van der Waals surface area contributed by atoms with Crippen LogP contribution in [0.2, 0.25) is 0 Å². The van der Waals surface area contributed by atoms with Crippen LogP contribution in [0.5, 0.6) is 0 Å². The molecule has 6 heavy (non-hydrogen) atoms. The number of rotatable bonds is 0. The van der Waals surface area contributed by atoms with Gasteiger partial charge in [-0.25, -0.2) is 0 Å². The second-order valence-electron chi connectivity index (χ2n) is 1.32. The molecule has 0 saturated heterocycles. The molecular formula is C5H9Li. The van der Waals surface area contributed by atoms with E-state index in [0.717, 1.165) is 0 Å². The van der Waals surface area contributed by atoms with Crippen molar-refractivity contribution in [3.8, 4) is 12.3 Å². The van der Waals surface area contributed by atoms with Gasteiger partial charge in [-0.05, 0) is 0 Å². The molecule has 0 amide bonds. The number of hydrogen-bond donors (Lipinski definition) is 0. The van der Waals surface area contributed by atoms with Crippen LogP contribution in [0.4, 0.5) is 0 Å². The Labute approximate surface area is 53.0 Å². The third-order valence-corrected chi connectivity index (χ3v) is 0.333. The Hall–Kier alpha value is 0.157. The predicted octanol–water partition coefficient (Wildman–Crippen LogP) is -1.61. The predicted molar refractivity (Wildman–Crippen MR) is 24.8 cm³/mol. The van der Waals surface area contributed by atoms with E-state index >= 15 is 0 Å². The van der Waals surface area contributed by atoms with Crippen molar-refractivity contribution < 1.29 is 20.3 Å². The first kappa shape index (κ1) is 9.48. The Morgan fingerprint density at radius 3 is 1.83 bits per heavy atom. The largest absolute Gasteiger partial charge is 1.00 e. The van der Waals surface area contributed by atoms with Crippen molar-refractivity contribution in [2.75, 3.05) is 0 Å². The summed E-state index contributed by atoms with van der Waals surface area (Å²) < 4.78 is 0. The van der Waals surface area contributed by atoms with Gasteiger partial charge >= 0.3 is 18.9 Å². The van der Waals surface area contributed by atoms with Gasteiger partial charge in [-0.3, -0.25) is 0 Å². The van der Waals surface area contributed by atoms with Crippen LogP contribution in [0.15, 0.2) is 0 Å². The molecule has 0 heterocycles. The minimum Gasteiger partial charge on any atom is -1.00 e. The zero-order chi connectivity index (χ0) is 4.28. The Morgan fingerprint density at radius 2 is 1.83 bits per heavy atom. The summed E-state index contributed by atoms with van der Waals surface area (Å²) in [7, 11) is 0. The van der Waals surface area contributed by atoms with Crippen LogP contribution >= 0.6 is 0 Å². The SMILES string of the molecule is C#CC(C)C.[H-].[Li+]. The summed E-state index contributed by atoms with van der Waals surface area (Å²) in [4.78, 5) is 0. The quantitative estimate of drug-likeness (QED) is 0.240. The van der Waals surface area contributed by atoms with Gasteiger partial charge in [0.1, 0.15) is 0 Å². The molecule has 0 aromatic heterocycles. The summed E-state index contributed by atoms with van der Waals surface area (Å²) in [6.07, 6.45) is 4.92. The molecule has 30 valence electrons. The topological polar surface area (TPSA) is 0 Å². The summed E-state index contributed by atoms with van der Waals surface area (Å²) in [5, 5.41) is 0. The zero-order valence-corrected chi connectivity index (χ0v) is 4.65. The van der Waals surface area contributed by atoms with Crippen LogP contribution in [0.3, 0.4) is 0 Å². The van der Waals surface area contributed by atoms with Crippen LogP contribution in [0.1, 0.15) is 15.3 Å². The number of hydrogen-bond acceptors (Lipinski definition) is 0. The van der Waals surface area contributed by atoms with Crippen molar-refractivity contribution in [1.29, 1.82) is 0 Å². The Kier molecular flexibility index (Phi) is 8.15. The first-order chi connectivity index (χ1) is 2.27. The van der Waals surface area contributed by atoms with Gasteiger partial charge < -0.3 is 1.43 Å². The first-order valence-corrected chi connectivity index (χ1v) is 1.73. The van der Waals surface area contributed by atoms with E-state index in [1.807, 2.05) is 13.8 Å². The van der Waals surface area contributed by atoms with E-state index in [0.29, 0.717) is 5.92 Å². The van der Waals surface area contributed by atoms with Crippen LogP contribution in [0.25, 0.3) is 0 Å². The van der Waals surface area contributed by atoms with Gasteiger partial charge in [0.15, 0.2) is 0 Å². The zero-order valence-electron chi connectivity index (χ0n) is 5.65. The average Bonchev–Trinajstić information content (AvgIpc) is 1.38. The van der Waals surface area contributed by atoms with E-state index in [9.17, 15) is 0 Å². The van der Waals surface area contributed by atoms with Gasteiger partial charge in [-0.1, -0.05) is 13.8 Å². The minimum absolute atomic E-state index is 0. The van der Waals surface area contributed by atoms with Gasteiger partial charge in [0, 0.05) is 5.92 Å². The van der Waals surface area contributed by atoms with Gasteiger partial charge in [-0.15, -0.1) is 12.3 Å². The van der Waals surface area contributed by atoms with Crippen molar-refractivity contribution in [3.05, 3.63) is 0 Å². The smallest absolute Gasteiger partial charge is 1.00 e. The van der Waals surface area contributed by atoms with E-state index in [2.05, 4.69) is 5.92 Å². The van der Waals surface area contributed by atoms with E-state index in [1.54, 1.807) is 0 Å². The Morgan fingerprint density at radius 1 is 1.67 bits per heavy atom. The number of terminal acetylenes is 1. The maximum atomic E-state index is 4.92. The first-order valence-electron chi connectivity index (χ1n) is 1.73. The van der Waals surface area contributed by atoms with Crippen molar-refractivity contribution in [1.82, 2.24) is 0 Å². The van der Waals surface area contributed by atoms with Crippen LogP contribution in [0, 0.1) is 18.3 Å². The van der Waals surface area contributed by atoms with Crippen molar-refractivity contribution >= 4 is 0 Å². The van der Waals surface area contributed by atoms with Gasteiger partial charge in [0.2, 0.25) is 0 Å². The second-order valence-corrected chi connectivity index (χ2v) is 1.32. The van der Waals surface area contributed by atoms with E-state index in [-0.39, 0.29) is 20.3 Å². The van der Waals surface area contributed by atoms with E-state index < -0.39 is 0 Å². The molecule has 0 aliphatic rings. The van der Waals surface area contributed by atoms with Gasteiger partial charge in [0.05, 0.1) is 0 Å². The fraction of sp³-hybridized carbons (Fsp3) is 0.600. The third-order valence-electron chi connectivity index (χ3n) is 0.333. The summed E-state index contributed by atoms with van der Waals surface area (Å²) in [6.45, 7) is 3.97. The normalized spacial score (nSPS) is 6.33. The molecule has 0 aliphatic carbocycles. The fourth-order valence-electron chi connectivity index (χ4n) is 0. The molecule has 0 saturated carbocycles. The van der Waals surface area contributed by atoms with Crippen molar-refractivity contribution in [2.45, 2.75) is 13.8 Å². The molecule has 0 rings (SSSR count). The molecule has 0 aromatic carbocycles. The second kappa shape index (κ2) is 5.16. The monoisotopic (exact) mass is 76.1 g/mol. The molecule has 0 spiro atoms. The average molecular weight is 76.1 g/mol. The third kappa shape index (κ3) is 8.90. The maximum absolute atomic E-state index is 4.92. The Balaban J connectivity index is -0.0000000800. The standard InChI is InChI=1S/C5H8.Li.H/c1-4-5(2)3;;/h1,5H,2-3H3;;/q;+1;-1. The molecule has 0 atom stereocenters. The molecule has 1 heteroatoms. The van der Waals surface area contributed by atoms with E-state index in [1.165, 1.54) is 0 Å². The molecule has 0 fully saturated rings. The fourth-order valence-corrected chi connectivity index (χ4v) is 0. The van der Waals surface area contributed by atoms with Gasteiger partial charge in [0.25, 0.3) is 0 Å². The summed E-state index contributed by atoms with van der Waals surface area (Å²) in [5.74, 6) is 2.94.